The average Bonchev–Trinajstić information content (AvgIpc) is 3.68. The van der Waals surface area contributed by atoms with Gasteiger partial charge >= 0.3 is 12.2 Å². The van der Waals surface area contributed by atoms with E-state index < -0.39 is 18.2 Å². The highest BCUT2D eigenvalue weighted by Gasteiger charge is 2.20. The van der Waals surface area contributed by atoms with Gasteiger partial charge in [0.2, 0.25) is 5.91 Å². The largest absolute Gasteiger partial charge is 0.453 e. The predicted octanol–water partition coefficient (Wildman–Crippen LogP) is 4.49. The molecule has 4 N–H and O–H groups in total. The van der Waals surface area contributed by atoms with Crippen LogP contribution in [-0.4, -0.2) is 62.0 Å². The molecule has 0 saturated carbocycles. The Morgan fingerprint density at radius 3 is 2.90 bits per heavy atom. The lowest BCUT2D eigenvalue weighted by Crippen LogP contribution is -2.27. The molecule has 0 unspecified atom stereocenters. The normalized spacial score (nSPS) is 15.3. The molecular formula is C27H26ClN9O5. The molecule has 216 valence electrons. The number of benzene rings is 2. The van der Waals surface area contributed by atoms with Crippen LogP contribution in [0, 0.1) is 0 Å². The molecule has 3 amide bonds. The number of carbonyl (C=O) groups excluding carboxylic acids is 3. The van der Waals surface area contributed by atoms with Gasteiger partial charge in [-0.15, -0.1) is 5.10 Å². The third kappa shape index (κ3) is 6.90. The molecule has 2 bridgehead atoms. The maximum absolute atomic E-state index is 13.1. The summed E-state index contributed by atoms with van der Waals surface area (Å²) in [6, 6.07) is 9.66. The highest BCUT2D eigenvalue weighted by Crippen LogP contribution is 2.32. The molecule has 4 aromatic rings. The van der Waals surface area contributed by atoms with Crippen molar-refractivity contribution in [3.8, 4) is 16.9 Å². The van der Waals surface area contributed by atoms with E-state index in [4.69, 9.17) is 16.3 Å². The van der Waals surface area contributed by atoms with E-state index in [1.54, 1.807) is 48.7 Å². The molecule has 1 aliphatic heterocycles. The number of nitrogens with zero attached hydrogens (tertiary/aromatic N) is 5. The lowest BCUT2D eigenvalue weighted by atomic mass is 10.1. The van der Waals surface area contributed by atoms with Crippen molar-refractivity contribution < 1.29 is 23.9 Å². The Kier molecular flexibility index (Phi) is 8.72. The molecule has 5 rings (SSSR count). The van der Waals surface area contributed by atoms with Crippen LogP contribution in [0.3, 0.4) is 0 Å². The van der Waals surface area contributed by atoms with Crippen LogP contribution in [0.25, 0.3) is 23.0 Å². The molecular weight excluding hydrogens is 566 g/mol. The van der Waals surface area contributed by atoms with Crippen molar-refractivity contribution >= 4 is 47.1 Å². The molecule has 1 atom stereocenters. The van der Waals surface area contributed by atoms with Crippen LogP contribution in [0.2, 0.25) is 5.02 Å². The Bertz CT molecular complexity index is 1620. The second kappa shape index (κ2) is 13.0. The fraction of sp³-hybridized carbons (Fsp3) is 0.222. The number of hydrogen-bond acceptors (Lipinski definition) is 9. The van der Waals surface area contributed by atoms with Crippen LogP contribution in [-0.2, 0) is 14.3 Å². The van der Waals surface area contributed by atoms with E-state index in [2.05, 4.69) is 46.2 Å². The van der Waals surface area contributed by atoms with Crippen LogP contribution in [0.15, 0.2) is 55.0 Å². The highest BCUT2D eigenvalue weighted by atomic mass is 35.5. The number of anilines is 2. The first-order valence-corrected chi connectivity index (χ1v) is 13.3. The van der Waals surface area contributed by atoms with Crippen LogP contribution in [0.4, 0.5) is 21.0 Å². The number of aromatic amines is 1. The van der Waals surface area contributed by atoms with Crippen molar-refractivity contribution in [3.63, 3.8) is 0 Å². The lowest BCUT2D eigenvalue weighted by molar-refractivity contribution is -0.117. The minimum Gasteiger partial charge on any atom is -0.453 e. The van der Waals surface area contributed by atoms with Gasteiger partial charge in [-0.2, -0.15) is 4.68 Å². The summed E-state index contributed by atoms with van der Waals surface area (Å²) < 4.78 is 11.5. The van der Waals surface area contributed by atoms with Crippen molar-refractivity contribution in [2.45, 2.75) is 25.3 Å². The topological polar surface area (TPSA) is 178 Å². The van der Waals surface area contributed by atoms with Crippen LogP contribution in [0.1, 0.15) is 36.7 Å². The van der Waals surface area contributed by atoms with E-state index >= 15 is 0 Å². The summed E-state index contributed by atoms with van der Waals surface area (Å²) in [5.74, 6) is 0.190. The number of aromatic nitrogens is 6. The minimum absolute atomic E-state index is 0.180. The molecule has 0 aliphatic carbocycles. The van der Waals surface area contributed by atoms with E-state index in [0.29, 0.717) is 64.0 Å². The van der Waals surface area contributed by atoms with Gasteiger partial charge < -0.3 is 19.8 Å². The molecule has 2 aromatic carbocycles. The maximum Gasteiger partial charge on any atom is 0.411 e. The van der Waals surface area contributed by atoms with Crippen molar-refractivity contribution in [2.24, 2.45) is 0 Å². The van der Waals surface area contributed by atoms with Crippen molar-refractivity contribution in [1.29, 1.82) is 0 Å². The fourth-order valence-corrected chi connectivity index (χ4v) is 4.52. The molecule has 0 fully saturated rings. The number of cyclic esters (lactones) is 1. The number of fused-ring (bicyclic) bond motifs is 4. The smallest absolute Gasteiger partial charge is 0.411 e. The minimum atomic E-state index is -0.652. The van der Waals surface area contributed by atoms with E-state index in [1.807, 2.05) is 0 Å². The second-order valence-corrected chi connectivity index (χ2v) is 9.60. The number of methoxy groups -OCH3 is 1. The highest BCUT2D eigenvalue weighted by molar-refractivity contribution is 6.30. The number of hydrogen-bond donors (Lipinski definition) is 4. The quantitative estimate of drug-likeness (QED) is 0.243. The van der Waals surface area contributed by atoms with Gasteiger partial charge in [0.1, 0.15) is 12.2 Å². The SMILES string of the molecule is COC(=O)Nc1ccc2c(c1)NC(=O)OCCCC[C@H](NC(=O)/C=C/c1cc(Cl)ccc1-n1cnnn1)c1ncc-2[nH]1. The van der Waals surface area contributed by atoms with Crippen LogP contribution >= 0.6 is 11.6 Å². The standard InChI is InChI=1S/C27H26ClN9O5/c1-41-26(39)31-18-7-8-19-21(13-18)34-27(40)42-11-3-2-4-20(25-29-14-22(19)33-25)32-24(38)10-5-16-12-17(28)6-9-23(16)37-15-30-35-36-37/h5-10,12-15,20H,2-4,11H2,1H3,(H,29,33)(H,31,39)(H,32,38)(H,34,40)/b10-5+/t20-/m0/s1. The number of rotatable bonds is 5. The number of tetrazole rings is 1. The first-order valence-electron chi connectivity index (χ1n) is 12.9. The second-order valence-electron chi connectivity index (χ2n) is 9.17. The number of amides is 3. The van der Waals surface area contributed by atoms with Gasteiger partial charge in [0.15, 0.2) is 0 Å². The molecule has 0 spiro atoms. The van der Waals surface area contributed by atoms with Crippen molar-refractivity contribution in [1.82, 2.24) is 35.5 Å². The zero-order chi connectivity index (χ0) is 29.5. The van der Waals surface area contributed by atoms with E-state index in [1.165, 1.54) is 24.2 Å². The average molecular weight is 592 g/mol. The summed E-state index contributed by atoms with van der Waals surface area (Å²) in [4.78, 5) is 45.0. The van der Waals surface area contributed by atoms with Crippen LogP contribution in [0.5, 0.6) is 0 Å². The third-order valence-electron chi connectivity index (χ3n) is 6.34. The van der Waals surface area contributed by atoms with Gasteiger partial charge in [-0.1, -0.05) is 11.6 Å². The summed E-state index contributed by atoms with van der Waals surface area (Å²) in [6.07, 6.45) is 6.56. The van der Waals surface area contributed by atoms with Gasteiger partial charge in [-0.25, -0.2) is 14.6 Å². The molecule has 3 heterocycles. The Labute approximate surface area is 244 Å². The van der Waals surface area contributed by atoms with Crippen molar-refractivity contribution in [3.05, 3.63) is 71.4 Å². The maximum atomic E-state index is 13.1. The number of H-pyrrole nitrogens is 1. The molecule has 42 heavy (non-hydrogen) atoms. The molecule has 1 aliphatic rings. The first-order chi connectivity index (χ1) is 20.4. The number of ether oxygens (including phenoxy) is 2. The van der Waals surface area contributed by atoms with E-state index in [-0.39, 0.29) is 12.5 Å². The Balaban J connectivity index is 1.39. The molecule has 14 nitrogen and oxygen atoms in total. The first kappa shape index (κ1) is 28.3. The molecule has 15 heteroatoms. The Morgan fingerprint density at radius 2 is 2.10 bits per heavy atom. The van der Waals surface area contributed by atoms with Crippen molar-refractivity contribution in [2.75, 3.05) is 24.4 Å². The summed E-state index contributed by atoms with van der Waals surface area (Å²) in [5.41, 5.74) is 3.27. The molecule has 0 saturated heterocycles. The summed E-state index contributed by atoms with van der Waals surface area (Å²) in [5, 5.41) is 20.0. The van der Waals surface area contributed by atoms with Gasteiger partial charge in [0.25, 0.3) is 0 Å². The third-order valence-corrected chi connectivity index (χ3v) is 6.58. The number of halogens is 1. The Morgan fingerprint density at radius 1 is 1.21 bits per heavy atom. The lowest BCUT2D eigenvalue weighted by Gasteiger charge is -2.16. The summed E-state index contributed by atoms with van der Waals surface area (Å²) >= 11 is 6.19. The summed E-state index contributed by atoms with van der Waals surface area (Å²) in [7, 11) is 1.25. The van der Waals surface area contributed by atoms with Gasteiger partial charge in [0.05, 0.1) is 43.0 Å². The number of nitrogens with one attached hydrogen (secondary N) is 4. The fourth-order valence-electron chi connectivity index (χ4n) is 4.34. The van der Waals surface area contributed by atoms with E-state index in [0.717, 1.165) is 0 Å². The monoisotopic (exact) mass is 591 g/mol. The van der Waals surface area contributed by atoms with E-state index in [9.17, 15) is 14.4 Å². The van der Waals surface area contributed by atoms with Gasteiger partial charge in [0, 0.05) is 27.9 Å². The number of carbonyl (C=O) groups is 3. The zero-order valence-electron chi connectivity index (χ0n) is 22.3. The predicted molar refractivity (Wildman–Crippen MR) is 153 cm³/mol. The molecule has 0 radical (unpaired) electrons. The summed E-state index contributed by atoms with van der Waals surface area (Å²) in [6.45, 7) is 0.180. The van der Waals surface area contributed by atoms with Crippen LogP contribution < -0.4 is 16.0 Å². The number of imidazole rings is 1. The van der Waals surface area contributed by atoms with Gasteiger partial charge in [-0.05, 0) is 72.2 Å². The molecule has 2 aromatic heterocycles. The zero-order valence-corrected chi connectivity index (χ0v) is 23.1. The Hall–Kier alpha value is -5.24. The van der Waals surface area contributed by atoms with Gasteiger partial charge in [-0.3, -0.25) is 15.4 Å².